The first-order chi connectivity index (χ1) is 8.63. The van der Waals surface area contributed by atoms with Crippen LogP contribution in [0.2, 0.25) is 0 Å². The van der Waals surface area contributed by atoms with Crippen LogP contribution >= 0.6 is 0 Å². The lowest BCUT2D eigenvalue weighted by atomic mass is 9.99. The zero-order chi connectivity index (χ0) is 13.1. The Labute approximate surface area is 106 Å². The molecule has 0 unspecified atom stereocenters. The SMILES string of the molecule is CC[C@H](C)[C@@H]1NC(=O)N(Cc2cccnc2)C1=O. The van der Waals surface area contributed by atoms with Gasteiger partial charge < -0.3 is 5.32 Å². The quantitative estimate of drug-likeness (QED) is 0.821. The first kappa shape index (κ1) is 12.5. The van der Waals surface area contributed by atoms with Crippen molar-refractivity contribution in [3.05, 3.63) is 30.1 Å². The Balaban J connectivity index is 2.10. The van der Waals surface area contributed by atoms with E-state index in [-0.39, 0.29) is 30.4 Å². The predicted octanol–water partition coefficient (Wildman–Crippen LogP) is 1.55. The van der Waals surface area contributed by atoms with Crippen LogP contribution in [0.3, 0.4) is 0 Å². The van der Waals surface area contributed by atoms with E-state index < -0.39 is 0 Å². The summed E-state index contributed by atoms with van der Waals surface area (Å²) in [4.78, 5) is 29.2. The Morgan fingerprint density at radius 1 is 1.50 bits per heavy atom. The van der Waals surface area contributed by atoms with E-state index in [1.807, 2.05) is 19.9 Å². The maximum absolute atomic E-state index is 12.1. The van der Waals surface area contributed by atoms with Crippen LogP contribution in [0.4, 0.5) is 4.79 Å². The number of rotatable bonds is 4. The summed E-state index contributed by atoms with van der Waals surface area (Å²) in [5.41, 5.74) is 0.853. The second kappa shape index (κ2) is 5.16. The molecule has 1 N–H and O–H groups in total. The van der Waals surface area contributed by atoms with Crippen molar-refractivity contribution in [2.45, 2.75) is 32.9 Å². The summed E-state index contributed by atoms with van der Waals surface area (Å²) in [7, 11) is 0. The molecule has 1 aliphatic rings. The topological polar surface area (TPSA) is 62.3 Å². The van der Waals surface area contributed by atoms with E-state index in [2.05, 4.69) is 10.3 Å². The van der Waals surface area contributed by atoms with Crippen LogP contribution in [0, 0.1) is 5.92 Å². The summed E-state index contributed by atoms with van der Waals surface area (Å²) in [6, 6.07) is 2.94. The van der Waals surface area contributed by atoms with Gasteiger partial charge in [-0.3, -0.25) is 14.7 Å². The molecule has 0 aromatic carbocycles. The van der Waals surface area contributed by atoms with Gasteiger partial charge in [-0.2, -0.15) is 0 Å². The fourth-order valence-electron chi connectivity index (χ4n) is 1.99. The first-order valence-corrected chi connectivity index (χ1v) is 6.14. The average molecular weight is 247 g/mol. The molecule has 5 heteroatoms. The highest BCUT2D eigenvalue weighted by atomic mass is 16.2. The van der Waals surface area contributed by atoms with E-state index in [9.17, 15) is 9.59 Å². The molecule has 2 rings (SSSR count). The van der Waals surface area contributed by atoms with Crippen molar-refractivity contribution in [1.82, 2.24) is 15.2 Å². The number of hydrogen-bond donors (Lipinski definition) is 1. The molecule has 0 spiro atoms. The van der Waals surface area contributed by atoms with Crippen molar-refractivity contribution in [2.24, 2.45) is 5.92 Å². The second-order valence-electron chi connectivity index (χ2n) is 4.60. The van der Waals surface area contributed by atoms with Crippen LogP contribution in [-0.2, 0) is 11.3 Å². The highest BCUT2D eigenvalue weighted by molar-refractivity contribution is 6.04. The Morgan fingerprint density at radius 3 is 2.89 bits per heavy atom. The number of amides is 3. The maximum Gasteiger partial charge on any atom is 0.325 e. The van der Waals surface area contributed by atoms with Gasteiger partial charge in [0.1, 0.15) is 6.04 Å². The molecule has 3 amide bonds. The lowest BCUT2D eigenvalue weighted by Crippen LogP contribution is -2.35. The molecular weight excluding hydrogens is 230 g/mol. The van der Waals surface area contributed by atoms with E-state index in [4.69, 9.17) is 0 Å². The van der Waals surface area contributed by atoms with Gasteiger partial charge in [-0.05, 0) is 17.5 Å². The van der Waals surface area contributed by atoms with E-state index in [1.54, 1.807) is 18.5 Å². The zero-order valence-corrected chi connectivity index (χ0v) is 10.6. The number of carbonyl (C=O) groups excluding carboxylic acids is 2. The van der Waals surface area contributed by atoms with Gasteiger partial charge in [-0.25, -0.2) is 4.79 Å². The number of nitrogens with zero attached hydrogens (tertiary/aromatic N) is 2. The van der Waals surface area contributed by atoms with Crippen molar-refractivity contribution in [3.8, 4) is 0 Å². The molecule has 0 saturated carbocycles. The molecule has 2 heterocycles. The molecule has 0 aliphatic carbocycles. The van der Waals surface area contributed by atoms with Crippen molar-refractivity contribution >= 4 is 11.9 Å². The Bertz CT molecular complexity index is 447. The molecule has 18 heavy (non-hydrogen) atoms. The molecule has 96 valence electrons. The average Bonchev–Trinajstić information content (AvgIpc) is 2.67. The molecule has 5 nitrogen and oxygen atoms in total. The van der Waals surface area contributed by atoms with Gasteiger partial charge in [0.25, 0.3) is 5.91 Å². The Morgan fingerprint density at radius 2 is 2.28 bits per heavy atom. The van der Waals surface area contributed by atoms with E-state index in [0.717, 1.165) is 12.0 Å². The van der Waals surface area contributed by atoms with Crippen LogP contribution in [0.1, 0.15) is 25.8 Å². The Hall–Kier alpha value is -1.91. The molecule has 1 saturated heterocycles. The standard InChI is InChI=1S/C13H17N3O2/c1-3-9(2)11-12(17)16(13(18)15-11)8-10-5-4-6-14-7-10/h4-7,9,11H,3,8H2,1-2H3,(H,15,18)/t9-,11-/m0/s1. The van der Waals surface area contributed by atoms with Gasteiger partial charge in [0.05, 0.1) is 6.54 Å². The largest absolute Gasteiger partial charge is 0.326 e. The minimum Gasteiger partial charge on any atom is -0.326 e. The van der Waals surface area contributed by atoms with Gasteiger partial charge >= 0.3 is 6.03 Å². The molecule has 0 radical (unpaired) electrons. The van der Waals surface area contributed by atoms with Crippen LogP contribution in [0.25, 0.3) is 0 Å². The van der Waals surface area contributed by atoms with Crippen LogP contribution in [0.15, 0.2) is 24.5 Å². The van der Waals surface area contributed by atoms with Gasteiger partial charge in [0, 0.05) is 12.4 Å². The van der Waals surface area contributed by atoms with Gasteiger partial charge in [-0.1, -0.05) is 26.3 Å². The third-order valence-corrected chi connectivity index (χ3v) is 3.33. The third kappa shape index (κ3) is 2.34. The summed E-state index contributed by atoms with van der Waals surface area (Å²) in [5, 5.41) is 2.74. The number of nitrogens with one attached hydrogen (secondary N) is 1. The van der Waals surface area contributed by atoms with Crippen LogP contribution in [0.5, 0.6) is 0 Å². The van der Waals surface area contributed by atoms with Crippen molar-refractivity contribution in [2.75, 3.05) is 0 Å². The van der Waals surface area contributed by atoms with Crippen molar-refractivity contribution < 1.29 is 9.59 Å². The van der Waals surface area contributed by atoms with Crippen molar-refractivity contribution in [3.63, 3.8) is 0 Å². The van der Waals surface area contributed by atoms with E-state index in [0.29, 0.717) is 0 Å². The fraction of sp³-hybridized carbons (Fsp3) is 0.462. The lowest BCUT2D eigenvalue weighted by Gasteiger charge is -2.16. The molecular formula is C13H17N3O2. The molecule has 1 aliphatic heterocycles. The highest BCUT2D eigenvalue weighted by Crippen LogP contribution is 2.18. The second-order valence-corrected chi connectivity index (χ2v) is 4.60. The van der Waals surface area contributed by atoms with Crippen LogP contribution in [-0.4, -0.2) is 27.9 Å². The zero-order valence-electron chi connectivity index (χ0n) is 10.6. The predicted molar refractivity (Wildman–Crippen MR) is 66.6 cm³/mol. The molecule has 2 atom stereocenters. The summed E-state index contributed by atoms with van der Waals surface area (Å²) in [6.45, 7) is 4.26. The summed E-state index contributed by atoms with van der Waals surface area (Å²) in [6.07, 6.45) is 4.19. The number of carbonyl (C=O) groups is 2. The minimum atomic E-state index is -0.390. The lowest BCUT2D eigenvalue weighted by molar-refractivity contribution is -0.128. The van der Waals surface area contributed by atoms with E-state index in [1.165, 1.54) is 4.90 Å². The molecule has 1 aromatic rings. The number of urea groups is 1. The number of aromatic nitrogens is 1. The smallest absolute Gasteiger partial charge is 0.325 e. The van der Waals surface area contributed by atoms with Gasteiger partial charge in [0.15, 0.2) is 0 Å². The number of pyridine rings is 1. The summed E-state index contributed by atoms with van der Waals surface area (Å²) >= 11 is 0. The number of hydrogen-bond acceptors (Lipinski definition) is 3. The normalized spacial score (nSPS) is 21.0. The van der Waals surface area contributed by atoms with Crippen molar-refractivity contribution in [1.29, 1.82) is 0 Å². The third-order valence-electron chi connectivity index (χ3n) is 3.33. The highest BCUT2D eigenvalue weighted by Gasteiger charge is 2.40. The first-order valence-electron chi connectivity index (χ1n) is 6.14. The van der Waals surface area contributed by atoms with E-state index >= 15 is 0 Å². The molecule has 1 aromatic heterocycles. The summed E-state index contributed by atoms with van der Waals surface area (Å²) in [5.74, 6) is 0.0125. The molecule has 1 fully saturated rings. The van der Waals surface area contributed by atoms with Gasteiger partial charge in [-0.15, -0.1) is 0 Å². The monoisotopic (exact) mass is 247 g/mol. The minimum absolute atomic E-state index is 0.141. The Kier molecular flexibility index (Phi) is 3.60. The maximum atomic E-state index is 12.1. The van der Waals surface area contributed by atoms with Gasteiger partial charge in [0.2, 0.25) is 0 Å². The number of imide groups is 1. The summed E-state index contributed by atoms with van der Waals surface area (Å²) < 4.78 is 0. The van der Waals surface area contributed by atoms with Crippen LogP contribution < -0.4 is 5.32 Å². The molecule has 0 bridgehead atoms. The fourth-order valence-corrected chi connectivity index (χ4v) is 1.99.